The Hall–Kier alpha value is -2.10. The summed E-state index contributed by atoms with van der Waals surface area (Å²) in [6, 6.07) is 9.82. The molecule has 100 valence electrons. The van der Waals surface area contributed by atoms with Gasteiger partial charge < -0.3 is 10.1 Å². The van der Waals surface area contributed by atoms with Gasteiger partial charge in [0.1, 0.15) is 17.4 Å². The fourth-order valence-electron chi connectivity index (χ4n) is 1.88. The lowest BCUT2D eigenvalue weighted by molar-refractivity contribution is 0.452. The Bertz CT molecular complexity index is 567. The molecule has 0 saturated heterocycles. The van der Waals surface area contributed by atoms with Crippen molar-refractivity contribution in [2.45, 2.75) is 26.7 Å². The predicted octanol–water partition coefficient (Wildman–Crippen LogP) is 3.74. The monoisotopic (exact) mass is 257 g/mol. The Kier molecular flexibility index (Phi) is 4.00. The number of hydrogen-bond acceptors (Lipinski definition) is 4. The van der Waals surface area contributed by atoms with Crippen molar-refractivity contribution in [1.82, 2.24) is 9.97 Å². The Morgan fingerprint density at radius 1 is 1.16 bits per heavy atom. The number of hydrogen-bond donors (Lipinski definition) is 1. The first kappa shape index (κ1) is 13.3. The summed E-state index contributed by atoms with van der Waals surface area (Å²) in [6.07, 6.45) is 0. The van der Waals surface area contributed by atoms with Gasteiger partial charge in [0.25, 0.3) is 0 Å². The van der Waals surface area contributed by atoms with Gasteiger partial charge in [0.2, 0.25) is 5.88 Å². The molecule has 4 nitrogen and oxygen atoms in total. The van der Waals surface area contributed by atoms with E-state index in [0.29, 0.717) is 17.6 Å². The van der Waals surface area contributed by atoms with Crippen molar-refractivity contribution in [2.24, 2.45) is 0 Å². The summed E-state index contributed by atoms with van der Waals surface area (Å²) in [7, 11) is 1.83. The van der Waals surface area contributed by atoms with E-state index in [1.807, 2.05) is 32.2 Å². The Labute approximate surface area is 113 Å². The van der Waals surface area contributed by atoms with E-state index in [9.17, 15) is 0 Å². The molecule has 1 heterocycles. The molecular weight excluding hydrogens is 238 g/mol. The van der Waals surface area contributed by atoms with Crippen LogP contribution in [0, 0.1) is 6.92 Å². The average Bonchev–Trinajstić information content (AvgIpc) is 2.38. The smallest absolute Gasteiger partial charge is 0.224 e. The maximum absolute atomic E-state index is 5.90. The van der Waals surface area contributed by atoms with Crippen molar-refractivity contribution in [1.29, 1.82) is 0 Å². The summed E-state index contributed by atoms with van der Waals surface area (Å²) in [5, 5.41) is 3.00. The zero-order valence-corrected chi connectivity index (χ0v) is 11.8. The molecule has 1 N–H and O–H groups in total. The highest BCUT2D eigenvalue weighted by molar-refractivity contribution is 5.42. The molecule has 19 heavy (non-hydrogen) atoms. The standard InChI is InChI=1S/C15H19N3O/c1-10(2)12-7-5-6-8-13(12)19-15-9-14(16-4)17-11(3)18-15/h5-10H,1-4H3,(H,16,17,18). The SMILES string of the molecule is CNc1cc(Oc2ccccc2C(C)C)nc(C)n1. The number of anilines is 1. The fourth-order valence-corrected chi connectivity index (χ4v) is 1.88. The number of aromatic nitrogens is 2. The molecule has 0 radical (unpaired) electrons. The highest BCUT2D eigenvalue weighted by atomic mass is 16.5. The van der Waals surface area contributed by atoms with Gasteiger partial charge in [0.15, 0.2) is 0 Å². The molecular formula is C15H19N3O. The molecule has 4 heteroatoms. The summed E-state index contributed by atoms with van der Waals surface area (Å²) in [5.74, 6) is 3.25. The molecule has 2 aromatic rings. The molecule has 0 fully saturated rings. The van der Waals surface area contributed by atoms with E-state index in [1.165, 1.54) is 5.56 Å². The van der Waals surface area contributed by atoms with E-state index in [0.717, 1.165) is 11.6 Å². The molecule has 0 atom stereocenters. The molecule has 0 unspecified atom stereocenters. The molecule has 0 bridgehead atoms. The largest absolute Gasteiger partial charge is 0.439 e. The van der Waals surface area contributed by atoms with Gasteiger partial charge in [-0.15, -0.1) is 0 Å². The minimum absolute atomic E-state index is 0.405. The number of nitrogens with one attached hydrogen (secondary N) is 1. The van der Waals surface area contributed by atoms with Crippen LogP contribution in [0.5, 0.6) is 11.6 Å². The molecule has 1 aromatic heterocycles. The van der Waals surface area contributed by atoms with E-state index in [4.69, 9.17) is 4.74 Å². The molecule has 0 aliphatic carbocycles. The molecule has 0 spiro atoms. The van der Waals surface area contributed by atoms with Crippen molar-refractivity contribution in [3.63, 3.8) is 0 Å². The highest BCUT2D eigenvalue weighted by Gasteiger charge is 2.09. The Balaban J connectivity index is 2.33. The summed E-state index contributed by atoms with van der Waals surface area (Å²) < 4.78 is 5.90. The van der Waals surface area contributed by atoms with Gasteiger partial charge >= 0.3 is 0 Å². The Morgan fingerprint density at radius 3 is 2.58 bits per heavy atom. The lowest BCUT2D eigenvalue weighted by atomic mass is 10.0. The number of aryl methyl sites for hydroxylation is 1. The Morgan fingerprint density at radius 2 is 1.89 bits per heavy atom. The van der Waals surface area contributed by atoms with Gasteiger partial charge in [0, 0.05) is 13.1 Å². The second-order valence-corrected chi connectivity index (χ2v) is 4.68. The van der Waals surface area contributed by atoms with Crippen molar-refractivity contribution >= 4 is 5.82 Å². The number of nitrogens with zero attached hydrogens (tertiary/aromatic N) is 2. The van der Waals surface area contributed by atoms with Crippen LogP contribution in [0.15, 0.2) is 30.3 Å². The van der Waals surface area contributed by atoms with Crippen LogP contribution in [0.2, 0.25) is 0 Å². The minimum atomic E-state index is 0.405. The first-order valence-electron chi connectivity index (χ1n) is 6.40. The summed E-state index contributed by atoms with van der Waals surface area (Å²) in [6.45, 7) is 6.14. The van der Waals surface area contributed by atoms with E-state index in [1.54, 1.807) is 6.07 Å². The fraction of sp³-hybridized carbons (Fsp3) is 0.333. The number of rotatable bonds is 4. The van der Waals surface area contributed by atoms with Gasteiger partial charge in [-0.3, -0.25) is 0 Å². The second-order valence-electron chi connectivity index (χ2n) is 4.68. The normalized spacial score (nSPS) is 10.6. The molecule has 0 amide bonds. The van der Waals surface area contributed by atoms with Crippen LogP contribution in [-0.4, -0.2) is 17.0 Å². The van der Waals surface area contributed by atoms with Crippen LogP contribution in [0.4, 0.5) is 5.82 Å². The van der Waals surface area contributed by atoms with Crippen molar-refractivity contribution < 1.29 is 4.74 Å². The van der Waals surface area contributed by atoms with E-state index in [-0.39, 0.29) is 0 Å². The van der Waals surface area contributed by atoms with Crippen molar-refractivity contribution in [3.8, 4) is 11.6 Å². The lowest BCUT2D eigenvalue weighted by Crippen LogP contribution is -2.00. The highest BCUT2D eigenvalue weighted by Crippen LogP contribution is 2.30. The second kappa shape index (κ2) is 5.69. The van der Waals surface area contributed by atoms with Crippen LogP contribution in [0.1, 0.15) is 31.2 Å². The predicted molar refractivity (Wildman–Crippen MR) is 76.9 cm³/mol. The zero-order chi connectivity index (χ0) is 13.8. The van der Waals surface area contributed by atoms with Crippen LogP contribution in [-0.2, 0) is 0 Å². The molecule has 0 aliphatic rings. The molecule has 0 saturated carbocycles. The van der Waals surface area contributed by atoms with Crippen LogP contribution in [0.25, 0.3) is 0 Å². The average molecular weight is 257 g/mol. The topological polar surface area (TPSA) is 47.0 Å². The van der Waals surface area contributed by atoms with Crippen LogP contribution in [0.3, 0.4) is 0 Å². The third kappa shape index (κ3) is 3.22. The number of benzene rings is 1. The number of ether oxygens (including phenoxy) is 1. The zero-order valence-electron chi connectivity index (χ0n) is 11.8. The van der Waals surface area contributed by atoms with E-state index < -0.39 is 0 Å². The summed E-state index contributed by atoms with van der Waals surface area (Å²) in [4.78, 5) is 8.55. The van der Waals surface area contributed by atoms with Gasteiger partial charge in [-0.1, -0.05) is 32.0 Å². The van der Waals surface area contributed by atoms with Crippen LogP contribution >= 0.6 is 0 Å². The third-order valence-electron chi connectivity index (χ3n) is 2.83. The van der Waals surface area contributed by atoms with Crippen molar-refractivity contribution in [2.75, 3.05) is 12.4 Å². The van der Waals surface area contributed by atoms with Gasteiger partial charge in [-0.05, 0) is 24.5 Å². The number of para-hydroxylation sites is 1. The van der Waals surface area contributed by atoms with Gasteiger partial charge in [-0.25, -0.2) is 4.98 Å². The summed E-state index contributed by atoms with van der Waals surface area (Å²) >= 11 is 0. The quantitative estimate of drug-likeness (QED) is 0.906. The van der Waals surface area contributed by atoms with Crippen molar-refractivity contribution in [3.05, 3.63) is 41.7 Å². The van der Waals surface area contributed by atoms with E-state index in [2.05, 4.69) is 35.2 Å². The first-order chi connectivity index (χ1) is 9.10. The first-order valence-corrected chi connectivity index (χ1v) is 6.40. The maximum Gasteiger partial charge on any atom is 0.224 e. The molecule has 0 aliphatic heterocycles. The third-order valence-corrected chi connectivity index (χ3v) is 2.83. The lowest BCUT2D eigenvalue weighted by Gasteiger charge is -2.13. The van der Waals surface area contributed by atoms with Gasteiger partial charge in [0.05, 0.1) is 0 Å². The minimum Gasteiger partial charge on any atom is -0.439 e. The van der Waals surface area contributed by atoms with Crippen LogP contribution < -0.4 is 10.1 Å². The molecule has 2 rings (SSSR count). The summed E-state index contributed by atoms with van der Waals surface area (Å²) in [5.41, 5.74) is 1.17. The molecule has 1 aromatic carbocycles. The maximum atomic E-state index is 5.90. The van der Waals surface area contributed by atoms with Gasteiger partial charge in [-0.2, -0.15) is 4.98 Å². The van der Waals surface area contributed by atoms with E-state index >= 15 is 0 Å².